The van der Waals surface area contributed by atoms with Gasteiger partial charge in [-0.3, -0.25) is 0 Å². The molecule has 6 nitrogen and oxygen atoms in total. The lowest BCUT2D eigenvalue weighted by molar-refractivity contribution is 0.0231. The number of nitrogens with one attached hydrogen (secondary N) is 1. The van der Waals surface area contributed by atoms with Crippen LogP contribution in [-0.4, -0.2) is 20.8 Å². The molecule has 2 rings (SSSR count). The Hall–Kier alpha value is -2.28. The average molecular weight is 435 g/mol. The molecule has 0 saturated carbocycles. The molecule has 0 aromatic heterocycles. The van der Waals surface area contributed by atoms with Crippen molar-refractivity contribution in [3.63, 3.8) is 0 Å². The van der Waals surface area contributed by atoms with Crippen molar-refractivity contribution in [2.45, 2.75) is 66.3 Å². The Morgan fingerprint density at radius 1 is 0.839 bits per heavy atom. The number of benzene rings is 2. The van der Waals surface area contributed by atoms with Crippen LogP contribution in [0.5, 0.6) is 17.2 Å². The summed E-state index contributed by atoms with van der Waals surface area (Å²) in [5, 5.41) is 0. The molecule has 2 aromatic rings. The predicted molar refractivity (Wildman–Crippen MR) is 129 cm³/mol. The zero-order chi connectivity index (χ0) is 23.5. The average Bonchev–Trinajstić information content (AvgIpc) is 2.83. The zero-order valence-electron chi connectivity index (χ0n) is 20.4. The van der Waals surface area contributed by atoms with E-state index in [1.165, 1.54) is 19.3 Å². The van der Waals surface area contributed by atoms with E-state index in [0.29, 0.717) is 18.1 Å². The fraction of sp³-hybridized carbons (Fsp3) is 0.520. The molecular formula is C25H42N2O4. The van der Waals surface area contributed by atoms with E-state index in [4.69, 9.17) is 25.0 Å². The van der Waals surface area contributed by atoms with Crippen molar-refractivity contribution >= 4 is 0 Å². The van der Waals surface area contributed by atoms with Crippen molar-refractivity contribution in [2.75, 3.05) is 20.8 Å². The molecule has 0 fully saturated rings. The fourth-order valence-corrected chi connectivity index (χ4v) is 2.77. The van der Waals surface area contributed by atoms with E-state index in [1.807, 2.05) is 56.3 Å². The number of unbranched alkanes of at least 4 members (excludes halogenated alkanes) is 2. The first-order chi connectivity index (χ1) is 15.1. The van der Waals surface area contributed by atoms with Crippen molar-refractivity contribution in [1.82, 2.24) is 5.48 Å². The number of hydrogen-bond acceptors (Lipinski definition) is 6. The predicted octanol–water partition coefficient (Wildman–Crippen LogP) is 6.20. The Bertz CT molecular complexity index is 676. The molecule has 0 radical (unpaired) electrons. The van der Waals surface area contributed by atoms with Crippen molar-refractivity contribution in [1.29, 1.82) is 0 Å². The van der Waals surface area contributed by atoms with Crippen LogP contribution in [0.1, 0.15) is 77.5 Å². The maximum absolute atomic E-state index is 5.61. The molecule has 6 heteroatoms. The van der Waals surface area contributed by atoms with Crippen LogP contribution in [0.4, 0.5) is 0 Å². The highest BCUT2D eigenvalue weighted by molar-refractivity contribution is 5.46. The number of methoxy groups -OCH3 is 2. The Balaban J connectivity index is 0.00000113. The second-order valence-corrected chi connectivity index (χ2v) is 6.55. The number of nitrogens with two attached hydrogens (primary N) is 1. The van der Waals surface area contributed by atoms with Crippen LogP contribution in [0.2, 0.25) is 0 Å². The van der Waals surface area contributed by atoms with Crippen LogP contribution in [0, 0.1) is 0 Å². The van der Waals surface area contributed by atoms with Gasteiger partial charge in [-0.05, 0) is 36.2 Å². The van der Waals surface area contributed by atoms with Crippen LogP contribution in [0.15, 0.2) is 42.5 Å². The van der Waals surface area contributed by atoms with Crippen LogP contribution >= 0.6 is 0 Å². The van der Waals surface area contributed by atoms with Gasteiger partial charge >= 0.3 is 0 Å². The van der Waals surface area contributed by atoms with Gasteiger partial charge in [0.05, 0.1) is 26.9 Å². The first kappa shape index (κ1) is 28.7. The SMILES string of the molecule is CC.CCCCC.CCCOc1ccc(C(NON)c2ccc(OC)cc2OC)cc1. The molecule has 0 spiro atoms. The van der Waals surface area contributed by atoms with E-state index in [9.17, 15) is 0 Å². The number of rotatable bonds is 11. The van der Waals surface area contributed by atoms with Gasteiger partial charge in [0.25, 0.3) is 0 Å². The molecule has 176 valence electrons. The largest absolute Gasteiger partial charge is 0.497 e. The lowest BCUT2D eigenvalue weighted by atomic mass is 9.98. The molecule has 0 saturated heterocycles. The molecule has 1 unspecified atom stereocenters. The van der Waals surface area contributed by atoms with Gasteiger partial charge in [0.1, 0.15) is 17.2 Å². The zero-order valence-corrected chi connectivity index (χ0v) is 20.4. The summed E-state index contributed by atoms with van der Waals surface area (Å²) in [7, 11) is 3.22. The van der Waals surface area contributed by atoms with Crippen molar-refractivity contribution in [3.05, 3.63) is 53.6 Å². The summed E-state index contributed by atoms with van der Waals surface area (Å²) < 4.78 is 16.3. The first-order valence-electron chi connectivity index (χ1n) is 11.2. The minimum Gasteiger partial charge on any atom is -0.497 e. The topological polar surface area (TPSA) is 75.0 Å². The quantitative estimate of drug-likeness (QED) is 0.410. The Kier molecular flexibility index (Phi) is 17.1. The summed E-state index contributed by atoms with van der Waals surface area (Å²) >= 11 is 0. The van der Waals surface area contributed by atoms with Gasteiger partial charge in [0.2, 0.25) is 0 Å². The van der Waals surface area contributed by atoms with Gasteiger partial charge in [-0.25, -0.2) is 4.94 Å². The third kappa shape index (κ3) is 10.5. The number of hydroxylamine groups is 1. The summed E-state index contributed by atoms with van der Waals surface area (Å²) in [6.45, 7) is 11.2. The Morgan fingerprint density at radius 2 is 1.45 bits per heavy atom. The van der Waals surface area contributed by atoms with E-state index in [0.717, 1.165) is 23.3 Å². The van der Waals surface area contributed by atoms with Gasteiger partial charge in [-0.1, -0.05) is 66.0 Å². The van der Waals surface area contributed by atoms with Gasteiger partial charge < -0.3 is 14.2 Å². The normalized spacial score (nSPS) is 10.7. The summed E-state index contributed by atoms with van der Waals surface area (Å²) in [6, 6.07) is 13.1. The highest BCUT2D eigenvalue weighted by atomic mass is 16.8. The molecule has 3 N–H and O–H groups in total. The second kappa shape index (κ2) is 18.5. The molecule has 0 aliphatic rings. The van der Waals surface area contributed by atoms with Crippen LogP contribution in [0.25, 0.3) is 0 Å². The van der Waals surface area contributed by atoms with E-state index in [1.54, 1.807) is 14.2 Å². The molecule has 2 aromatic carbocycles. The summed E-state index contributed by atoms with van der Waals surface area (Å²) in [5.41, 5.74) is 4.65. The molecular weight excluding hydrogens is 392 g/mol. The van der Waals surface area contributed by atoms with Crippen LogP contribution in [0.3, 0.4) is 0 Å². The summed E-state index contributed by atoms with van der Waals surface area (Å²) in [5.74, 6) is 7.46. The highest BCUT2D eigenvalue weighted by Gasteiger charge is 2.19. The second-order valence-electron chi connectivity index (χ2n) is 6.55. The molecule has 0 heterocycles. The molecule has 0 aliphatic carbocycles. The first-order valence-corrected chi connectivity index (χ1v) is 11.2. The van der Waals surface area contributed by atoms with Gasteiger partial charge in [-0.2, -0.15) is 11.4 Å². The molecule has 0 bridgehead atoms. The molecule has 1 atom stereocenters. The van der Waals surface area contributed by atoms with E-state index in [-0.39, 0.29) is 6.04 Å². The van der Waals surface area contributed by atoms with Crippen molar-refractivity contribution in [3.8, 4) is 17.2 Å². The highest BCUT2D eigenvalue weighted by Crippen LogP contribution is 2.33. The number of ether oxygens (including phenoxy) is 3. The lowest BCUT2D eigenvalue weighted by Crippen LogP contribution is -2.26. The van der Waals surface area contributed by atoms with Gasteiger partial charge in [0, 0.05) is 11.6 Å². The van der Waals surface area contributed by atoms with Gasteiger partial charge in [0.15, 0.2) is 0 Å². The van der Waals surface area contributed by atoms with Gasteiger partial charge in [-0.15, -0.1) is 0 Å². The minimum atomic E-state index is -0.295. The van der Waals surface area contributed by atoms with Crippen LogP contribution < -0.4 is 25.6 Å². The fourth-order valence-electron chi connectivity index (χ4n) is 2.77. The lowest BCUT2D eigenvalue weighted by Gasteiger charge is -2.21. The van der Waals surface area contributed by atoms with Crippen LogP contribution in [-0.2, 0) is 4.94 Å². The molecule has 31 heavy (non-hydrogen) atoms. The third-order valence-electron chi connectivity index (χ3n) is 4.33. The maximum Gasteiger partial charge on any atom is 0.127 e. The third-order valence-corrected chi connectivity index (χ3v) is 4.33. The van der Waals surface area contributed by atoms with E-state index in [2.05, 4.69) is 26.3 Å². The smallest absolute Gasteiger partial charge is 0.127 e. The summed E-state index contributed by atoms with van der Waals surface area (Å²) in [4.78, 5) is 4.70. The van der Waals surface area contributed by atoms with E-state index >= 15 is 0 Å². The number of hydrogen-bond donors (Lipinski definition) is 2. The Morgan fingerprint density at radius 3 is 1.90 bits per heavy atom. The van der Waals surface area contributed by atoms with Crippen molar-refractivity contribution < 1.29 is 19.1 Å². The monoisotopic (exact) mass is 434 g/mol. The standard InChI is InChI=1S/C18H24N2O4.C5H12.C2H6/c1-4-11-23-14-7-5-13(6-8-14)18(20-24-19)16-10-9-15(21-2)12-17(16)22-3;1-3-5-4-2;1-2/h5-10,12,18,20H,4,11,19H2,1-3H3;3-5H2,1-2H3;1-2H3. The van der Waals surface area contributed by atoms with E-state index < -0.39 is 0 Å². The molecule has 0 aliphatic heterocycles. The minimum absolute atomic E-state index is 0.295. The van der Waals surface area contributed by atoms with Crippen molar-refractivity contribution in [2.24, 2.45) is 5.90 Å². The molecule has 0 amide bonds. The maximum atomic E-state index is 5.61. The Labute approximate surface area is 188 Å². The summed E-state index contributed by atoms with van der Waals surface area (Å²) in [6.07, 6.45) is 5.04.